The first kappa shape index (κ1) is 20.2. The van der Waals surface area contributed by atoms with E-state index in [1.807, 2.05) is 6.07 Å². The fourth-order valence-corrected chi connectivity index (χ4v) is 1.54. The fourth-order valence-electron chi connectivity index (χ4n) is 1.54. The molecule has 8 heteroatoms. The van der Waals surface area contributed by atoms with Gasteiger partial charge in [0.2, 0.25) is 0 Å². The van der Waals surface area contributed by atoms with Gasteiger partial charge in [-0.3, -0.25) is 22.3 Å². The number of aromatic carboxylic acids is 1. The van der Waals surface area contributed by atoms with Gasteiger partial charge in [-0.2, -0.15) is 0 Å². The highest BCUT2D eigenvalue weighted by molar-refractivity contribution is 5.87. The minimum Gasteiger partial charge on any atom is -0.480 e. The number of carbonyl (C=O) groups is 2. The average molecular weight is 320 g/mol. The van der Waals surface area contributed by atoms with Crippen LogP contribution in [0.1, 0.15) is 22.0 Å². The van der Waals surface area contributed by atoms with Crippen LogP contribution in [-0.4, -0.2) is 22.2 Å². The molecule has 9 N–H and O–H groups in total. The third-order valence-electron chi connectivity index (χ3n) is 2.57. The van der Waals surface area contributed by atoms with Gasteiger partial charge in [-0.05, 0) is 17.7 Å². The highest BCUT2D eigenvalue weighted by atomic mass is 16.4. The Morgan fingerprint density at radius 2 is 1.30 bits per heavy atom. The van der Waals surface area contributed by atoms with Crippen LogP contribution in [0.5, 0.6) is 0 Å². The maximum absolute atomic E-state index is 10.6. The Bertz CT molecular complexity index is 579. The fraction of sp³-hybridized carbons (Fsp3) is 0.0667. The van der Waals surface area contributed by atoms with Crippen molar-refractivity contribution in [2.75, 3.05) is 0 Å². The van der Waals surface area contributed by atoms with E-state index >= 15 is 0 Å². The number of aliphatic carboxylic acids is 1. The van der Waals surface area contributed by atoms with Crippen molar-refractivity contribution in [3.05, 3.63) is 71.8 Å². The minimum absolute atomic E-state index is 0.331. The summed E-state index contributed by atoms with van der Waals surface area (Å²) in [5.41, 5.74) is 3.20. The lowest BCUT2D eigenvalue weighted by atomic mass is 10.1. The number of hydrogen-bond acceptors (Lipinski definition) is 6. The van der Waals surface area contributed by atoms with Crippen molar-refractivity contribution in [1.29, 1.82) is 0 Å². The number of hydrazine groups is 2. The predicted octanol–water partition coefficient (Wildman–Crippen LogP) is 0.479. The molecule has 0 heterocycles. The largest absolute Gasteiger partial charge is 0.480 e. The molecule has 2 rings (SSSR count). The maximum atomic E-state index is 10.6. The monoisotopic (exact) mass is 320 g/mol. The second-order valence-electron chi connectivity index (χ2n) is 4.02. The molecular weight excluding hydrogens is 300 g/mol. The molecule has 0 saturated heterocycles. The molecule has 1 unspecified atom stereocenters. The van der Waals surface area contributed by atoms with Crippen LogP contribution in [0.25, 0.3) is 0 Å². The summed E-state index contributed by atoms with van der Waals surface area (Å²) in [6, 6.07) is 16.2. The number of nitrogens with two attached hydrogens (primary N) is 3. The summed E-state index contributed by atoms with van der Waals surface area (Å²) >= 11 is 0. The summed E-state index contributed by atoms with van der Waals surface area (Å²) < 4.78 is 0. The molecule has 0 bridgehead atoms. The van der Waals surface area contributed by atoms with Gasteiger partial charge in [-0.15, -0.1) is 0 Å². The van der Waals surface area contributed by atoms with E-state index in [1.165, 1.54) is 0 Å². The van der Waals surface area contributed by atoms with E-state index in [0.29, 0.717) is 11.1 Å². The standard InChI is InChI=1S/C8H10N2O2.C7H6O2.H4N2/c9-10-7(8(11)12)6-4-2-1-3-5-6;8-7(9)6-4-2-1-3-5-6;1-2/h1-5,7,10H,9H2,(H,11,12);1-5H,(H,8,9);1-2H2. The van der Waals surface area contributed by atoms with Gasteiger partial charge in [0, 0.05) is 0 Å². The number of nitrogens with one attached hydrogen (secondary N) is 1. The topological polar surface area (TPSA) is 165 Å². The normalized spacial score (nSPS) is 10.2. The lowest BCUT2D eigenvalue weighted by Crippen LogP contribution is -2.33. The van der Waals surface area contributed by atoms with Gasteiger partial charge in [0.05, 0.1) is 5.56 Å². The van der Waals surface area contributed by atoms with Crippen molar-refractivity contribution in [2.45, 2.75) is 6.04 Å². The zero-order chi connectivity index (χ0) is 17.7. The first-order valence-electron chi connectivity index (χ1n) is 6.41. The second kappa shape index (κ2) is 11.8. The molecule has 124 valence electrons. The minimum atomic E-state index is -0.983. The molecule has 0 aliphatic carbocycles. The molecule has 1 atom stereocenters. The Morgan fingerprint density at radius 3 is 1.61 bits per heavy atom. The summed E-state index contributed by atoms with van der Waals surface area (Å²) in [6.45, 7) is 0. The zero-order valence-electron chi connectivity index (χ0n) is 12.3. The van der Waals surface area contributed by atoms with Crippen LogP contribution in [0.2, 0.25) is 0 Å². The van der Waals surface area contributed by atoms with Gasteiger partial charge < -0.3 is 10.2 Å². The molecule has 0 aliphatic heterocycles. The van der Waals surface area contributed by atoms with Gasteiger partial charge in [-0.1, -0.05) is 48.5 Å². The van der Waals surface area contributed by atoms with E-state index in [0.717, 1.165) is 0 Å². The first-order chi connectivity index (χ1) is 11.1. The molecule has 0 amide bonds. The van der Waals surface area contributed by atoms with Crippen LogP contribution in [0.4, 0.5) is 0 Å². The van der Waals surface area contributed by atoms with Crippen LogP contribution in [0.3, 0.4) is 0 Å². The Kier molecular flexibility index (Phi) is 10.4. The lowest BCUT2D eigenvalue weighted by molar-refractivity contribution is -0.139. The predicted molar refractivity (Wildman–Crippen MR) is 85.9 cm³/mol. The Labute approximate surface area is 133 Å². The molecule has 0 aromatic heterocycles. The van der Waals surface area contributed by atoms with E-state index in [1.54, 1.807) is 54.6 Å². The van der Waals surface area contributed by atoms with Crippen LogP contribution in [0.15, 0.2) is 60.7 Å². The van der Waals surface area contributed by atoms with Crippen molar-refractivity contribution >= 4 is 11.9 Å². The molecule has 0 spiro atoms. The summed E-state index contributed by atoms with van der Waals surface area (Å²) in [6.07, 6.45) is 0. The summed E-state index contributed by atoms with van der Waals surface area (Å²) in [5.74, 6) is 11.2. The molecular formula is C15H20N4O4. The van der Waals surface area contributed by atoms with E-state index < -0.39 is 18.0 Å². The van der Waals surface area contributed by atoms with Crippen molar-refractivity contribution in [3.63, 3.8) is 0 Å². The maximum Gasteiger partial charge on any atom is 0.335 e. The summed E-state index contributed by atoms with van der Waals surface area (Å²) in [7, 11) is 0. The molecule has 2 aromatic carbocycles. The van der Waals surface area contributed by atoms with Crippen molar-refractivity contribution in [2.24, 2.45) is 17.5 Å². The molecule has 8 nitrogen and oxygen atoms in total. The van der Waals surface area contributed by atoms with Gasteiger partial charge in [0.25, 0.3) is 0 Å². The van der Waals surface area contributed by atoms with Gasteiger partial charge in [-0.25, -0.2) is 10.2 Å². The lowest BCUT2D eigenvalue weighted by Gasteiger charge is -2.09. The van der Waals surface area contributed by atoms with E-state index in [9.17, 15) is 9.59 Å². The van der Waals surface area contributed by atoms with Crippen molar-refractivity contribution < 1.29 is 19.8 Å². The first-order valence-corrected chi connectivity index (χ1v) is 6.41. The molecule has 0 saturated carbocycles. The average Bonchev–Trinajstić information content (AvgIpc) is 2.59. The van der Waals surface area contributed by atoms with Crippen molar-refractivity contribution in [1.82, 2.24) is 5.43 Å². The van der Waals surface area contributed by atoms with Gasteiger partial charge in [0.15, 0.2) is 0 Å². The third kappa shape index (κ3) is 7.69. The third-order valence-corrected chi connectivity index (χ3v) is 2.57. The molecule has 0 aliphatic rings. The van der Waals surface area contributed by atoms with E-state index in [4.69, 9.17) is 16.1 Å². The Morgan fingerprint density at radius 1 is 0.870 bits per heavy atom. The SMILES string of the molecule is NN.NNC(C(=O)O)c1ccccc1.O=C(O)c1ccccc1. The van der Waals surface area contributed by atoms with E-state index in [-0.39, 0.29) is 0 Å². The Hall–Kier alpha value is -2.78. The number of carboxylic acids is 2. The number of benzene rings is 2. The summed E-state index contributed by atoms with van der Waals surface area (Å²) in [5, 5.41) is 17.1. The molecule has 0 fully saturated rings. The second-order valence-corrected chi connectivity index (χ2v) is 4.02. The summed E-state index contributed by atoms with van der Waals surface area (Å²) in [4.78, 5) is 20.8. The van der Waals surface area contributed by atoms with Crippen LogP contribution in [-0.2, 0) is 4.79 Å². The Balaban J connectivity index is 0.000000392. The smallest absolute Gasteiger partial charge is 0.335 e. The van der Waals surface area contributed by atoms with Crippen molar-refractivity contribution in [3.8, 4) is 0 Å². The molecule has 23 heavy (non-hydrogen) atoms. The highest BCUT2D eigenvalue weighted by Gasteiger charge is 2.16. The van der Waals surface area contributed by atoms with Gasteiger partial charge >= 0.3 is 11.9 Å². The van der Waals surface area contributed by atoms with Gasteiger partial charge in [0.1, 0.15) is 6.04 Å². The van der Waals surface area contributed by atoms with E-state index in [2.05, 4.69) is 17.1 Å². The van der Waals surface area contributed by atoms with Crippen LogP contribution < -0.4 is 23.0 Å². The quantitative estimate of drug-likeness (QED) is 0.349. The number of rotatable bonds is 4. The van der Waals surface area contributed by atoms with Crippen LogP contribution >= 0.6 is 0 Å². The molecule has 2 aromatic rings. The van der Waals surface area contributed by atoms with Crippen LogP contribution in [0, 0.1) is 0 Å². The highest BCUT2D eigenvalue weighted by Crippen LogP contribution is 2.10. The number of hydrogen-bond donors (Lipinski definition) is 6. The number of carboxylic acid groups (broad SMARTS) is 2. The molecule has 0 radical (unpaired) electrons. The zero-order valence-corrected chi connectivity index (χ0v) is 12.3.